The highest BCUT2D eigenvalue weighted by Gasteiger charge is 2.27. The summed E-state index contributed by atoms with van der Waals surface area (Å²) in [5, 5.41) is 0. The molecule has 5 nitrogen and oxygen atoms in total. The summed E-state index contributed by atoms with van der Waals surface area (Å²) in [5.41, 5.74) is 6.39. The molecule has 0 aliphatic heterocycles. The van der Waals surface area contributed by atoms with Crippen LogP contribution in [-0.4, -0.2) is 21.6 Å². The minimum Gasteiger partial charge on any atom is -0.495 e. The van der Waals surface area contributed by atoms with Crippen molar-refractivity contribution >= 4 is 10.0 Å². The molecule has 0 spiro atoms. The third-order valence-electron chi connectivity index (χ3n) is 3.49. The van der Waals surface area contributed by atoms with Crippen molar-refractivity contribution in [2.45, 2.75) is 43.7 Å². The van der Waals surface area contributed by atoms with E-state index in [1.54, 1.807) is 18.2 Å². The molecule has 6 heteroatoms. The molecule has 1 unspecified atom stereocenters. The van der Waals surface area contributed by atoms with Crippen LogP contribution in [0.5, 0.6) is 5.75 Å². The number of rotatable bonds is 7. The van der Waals surface area contributed by atoms with Crippen LogP contribution in [0.3, 0.4) is 0 Å². The first kappa shape index (κ1) is 15.3. The summed E-state index contributed by atoms with van der Waals surface area (Å²) in [5.74, 6) is 1.01. The normalized spacial score (nSPS) is 16.9. The van der Waals surface area contributed by atoms with Gasteiger partial charge >= 0.3 is 0 Å². The van der Waals surface area contributed by atoms with E-state index >= 15 is 0 Å². The highest BCUT2D eigenvalue weighted by atomic mass is 32.2. The van der Waals surface area contributed by atoms with Gasteiger partial charge in [0.05, 0.1) is 7.11 Å². The molecular weight excluding hydrogens is 276 g/mol. The lowest BCUT2D eigenvalue weighted by Crippen LogP contribution is -2.33. The molecule has 0 bridgehead atoms. The van der Waals surface area contributed by atoms with E-state index in [2.05, 4.69) is 4.72 Å². The molecule has 1 fully saturated rings. The largest absolute Gasteiger partial charge is 0.495 e. The zero-order valence-corrected chi connectivity index (χ0v) is 12.7. The van der Waals surface area contributed by atoms with E-state index in [0.29, 0.717) is 18.2 Å². The topological polar surface area (TPSA) is 81.4 Å². The fourth-order valence-corrected chi connectivity index (χ4v) is 3.70. The molecule has 20 heavy (non-hydrogen) atoms. The van der Waals surface area contributed by atoms with E-state index in [9.17, 15) is 8.42 Å². The summed E-state index contributed by atoms with van der Waals surface area (Å²) in [4.78, 5) is 0.167. The Labute approximate surface area is 120 Å². The van der Waals surface area contributed by atoms with Gasteiger partial charge in [0, 0.05) is 12.6 Å². The molecule has 1 aromatic rings. The van der Waals surface area contributed by atoms with Gasteiger partial charge in [0.25, 0.3) is 0 Å². The predicted molar refractivity (Wildman–Crippen MR) is 78.0 cm³/mol. The zero-order valence-electron chi connectivity index (χ0n) is 11.9. The lowest BCUT2D eigenvalue weighted by atomic mass is 10.2. The maximum Gasteiger partial charge on any atom is 0.244 e. The first-order valence-electron chi connectivity index (χ1n) is 6.85. The molecule has 3 N–H and O–H groups in total. The minimum atomic E-state index is -3.56. The summed E-state index contributed by atoms with van der Waals surface area (Å²) < 4.78 is 32.7. The quantitative estimate of drug-likeness (QED) is 0.801. The van der Waals surface area contributed by atoms with Crippen molar-refractivity contribution in [1.29, 1.82) is 0 Å². The Balaban J connectivity index is 2.19. The molecule has 0 radical (unpaired) electrons. The van der Waals surface area contributed by atoms with Gasteiger partial charge in [-0.3, -0.25) is 0 Å². The molecule has 0 aromatic heterocycles. The van der Waals surface area contributed by atoms with Crippen LogP contribution in [0.4, 0.5) is 0 Å². The molecule has 0 heterocycles. The Morgan fingerprint density at radius 1 is 1.45 bits per heavy atom. The fraction of sp³-hybridized carbons (Fsp3) is 0.571. The lowest BCUT2D eigenvalue weighted by molar-refractivity contribution is 0.401. The second kappa shape index (κ2) is 6.11. The number of methoxy groups -OCH3 is 1. The first-order valence-corrected chi connectivity index (χ1v) is 8.34. The van der Waals surface area contributed by atoms with Gasteiger partial charge in [-0.25, -0.2) is 13.1 Å². The standard InChI is InChI=1S/C14H22N2O3S/c1-10(7-11-3-4-11)16-20(17,18)14-6-5-12(9-15)8-13(14)19-2/h5-6,8,10-11,16H,3-4,7,9,15H2,1-2H3. The van der Waals surface area contributed by atoms with E-state index in [1.807, 2.05) is 6.92 Å². The molecule has 1 aliphatic rings. The van der Waals surface area contributed by atoms with E-state index < -0.39 is 10.0 Å². The molecule has 1 atom stereocenters. The Kier molecular flexibility index (Phi) is 4.67. The Morgan fingerprint density at radius 3 is 2.70 bits per heavy atom. The number of hydrogen-bond donors (Lipinski definition) is 2. The van der Waals surface area contributed by atoms with Crippen molar-refractivity contribution in [2.75, 3.05) is 7.11 Å². The predicted octanol–water partition coefficient (Wildman–Crippen LogP) is 1.62. The van der Waals surface area contributed by atoms with Crippen molar-refractivity contribution in [3.63, 3.8) is 0 Å². The average Bonchev–Trinajstić information content (AvgIpc) is 3.20. The summed E-state index contributed by atoms with van der Waals surface area (Å²) in [6, 6.07) is 4.86. The number of nitrogens with two attached hydrogens (primary N) is 1. The Morgan fingerprint density at radius 2 is 2.15 bits per heavy atom. The van der Waals surface area contributed by atoms with Gasteiger partial charge in [-0.05, 0) is 37.0 Å². The average molecular weight is 298 g/mol. The van der Waals surface area contributed by atoms with Crippen molar-refractivity contribution in [3.8, 4) is 5.75 Å². The maximum absolute atomic E-state index is 12.4. The molecule has 2 rings (SSSR count). The summed E-state index contributed by atoms with van der Waals surface area (Å²) in [7, 11) is -2.10. The van der Waals surface area contributed by atoms with Gasteiger partial charge in [0.1, 0.15) is 10.6 Å². The molecule has 1 aliphatic carbocycles. The van der Waals surface area contributed by atoms with Crippen LogP contribution in [0, 0.1) is 5.92 Å². The minimum absolute atomic E-state index is 0.0635. The zero-order chi connectivity index (χ0) is 14.8. The molecular formula is C14H22N2O3S. The first-order chi connectivity index (χ1) is 9.46. The van der Waals surface area contributed by atoms with Crippen LogP contribution in [0.25, 0.3) is 0 Å². The molecule has 1 saturated carbocycles. The lowest BCUT2D eigenvalue weighted by Gasteiger charge is -2.16. The monoisotopic (exact) mass is 298 g/mol. The summed E-state index contributed by atoms with van der Waals surface area (Å²) in [6.07, 6.45) is 3.31. The van der Waals surface area contributed by atoms with Crippen LogP contribution in [0.2, 0.25) is 0 Å². The van der Waals surface area contributed by atoms with Gasteiger partial charge in [-0.2, -0.15) is 0 Å². The van der Waals surface area contributed by atoms with E-state index in [0.717, 1.165) is 12.0 Å². The van der Waals surface area contributed by atoms with E-state index in [-0.39, 0.29) is 10.9 Å². The van der Waals surface area contributed by atoms with Gasteiger partial charge in [0.2, 0.25) is 10.0 Å². The third-order valence-corrected chi connectivity index (χ3v) is 5.12. The smallest absolute Gasteiger partial charge is 0.244 e. The Bertz CT molecular complexity index is 568. The second-order valence-corrected chi connectivity index (χ2v) is 7.07. The van der Waals surface area contributed by atoms with Crippen molar-refractivity contribution in [2.24, 2.45) is 11.7 Å². The second-order valence-electron chi connectivity index (χ2n) is 5.39. The van der Waals surface area contributed by atoms with Gasteiger partial charge in [-0.1, -0.05) is 18.9 Å². The van der Waals surface area contributed by atoms with E-state index in [4.69, 9.17) is 10.5 Å². The van der Waals surface area contributed by atoms with Crippen molar-refractivity contribution in [3.05, 3.63) is 23.8 Å². The molecule has 0 amide bonds. The van der Waals surface area contributed by atoms with Crippen molar-refractivity contribution in [1.82, 2.24) is 4.72 Å². The van der Waals surface area contributed by atoms with Gasteiger partial charge < -0.3 is 10.5 Å². The summed E-state index contributed by atoms with van der Waals surface area (Å²) in [6.45, 7) is 2.25. The highest BCUT2D eigenvalue weighted by molar-refractivity contribution is 7.89. The maximum atomic E-state index is 12.4. The third kappa shape index (κ3) is 3.71. The number of benzene rings is 1. The molecule has 0 saturated heterocycles. The fourth-order valence-electron chi connectivity index (χ4n) is 2.29. The Hall–Kier alpha value is -1.11. The van der Waals surface area contributed by atoms with Crippen LogP contribution in [-0.2, 0) is 16.6 Å². The van der Waals surface area contributed by atoms with Gasteiger partial charge in [-0.15, -0.1) is 0 Å². The number of nitrogens with one attached hydrogen (secondary N) is 1. The number of sulfonamides is 1. The highest BCUT2D eigenvalue weighted by Crippen LogP contribution is 2.34. The van der Waals surface area contributed by atoms with Crippen LogP contribution < -0.4 is 15.2 Å². The SMILES string of the molecule is COc1cc(CN)ccc1S(=O)(=O)NC(C)CC1CC1. The van der Waals surface area contributed by atoms with Crippen molar-refractivity contribution < 1.29 is 13.2 Å². The molecule has 112 valence electrons. The van der Waals surface area contributed by atoms with Crippen LogP contribution >= 0.6 is 0 Å². The van der Waals surface area contributed by atoms with Crippen LogP contribution in [0.15, 0.2) is 23.1 Å². The molecule has 1 aromatic carbocycles. The van der Waals surface area contributed by atoms with Crippen LogP contribution in [0.1, 0.15) is 31.7 Å². The number of ether oxygens (including phenoxy) is 1. The van der Waals surface area contributed by atoms with Gasteiger partial charge in [0.15, 0.2) is 0 Å². The number of hydrogen-bond acceptors (Lipinski definition) is 4. The summed E-state index contributed by atoms with van der Waals surface area (Å²) >= 11 is 0. The van der Waals surface area contributed by atoms with E-state index in [1.165, 1.54) is 20.0 Å².